The van der Waals surface area contributed by atoms with E-state index < -0.39 is 15.6 Å². The monoisotopic (exact) mass is 397 g/mol. The number of rotatable bonds is 4. The van der Waals surface area contributed by atoms with Crippen LogP contribution in [0.25, 0.3) is 0 Å². The second-order valence-electron chi connectivity index (χ2n) is 4.65. The van der Waals surface area contributed by atoms with E-state index in [2.05, 4.69) is 27.3 Å². The van der Waals surface area contributed by atoms with Crippen molar-refractivity contribution < 1.29 is 18.3 Å². The van der Waals surface area contributed by atoms with Crippen molar-refractivity contribution in [2.24, 2.45) is 0 Å². The lowest BCUT2D eigenvalue weighted by Crippen LogP contribution is -2.47. The predicted molar refractivity (Wildman–Crippen MR) is 79.3 cm³/mol. The SMILES string of the molecule is CC1OCCC1(O)CNS(=O)(=O)c1ccc(I)cc1. The quantitative estimate of drug-likeness (QED) is 0.747. The Balaban J connectivity index is 2.08. The van der Waals surface area contributed by atoms with Gasteiger partial charge in [-0.2, -0.15) is 0 Å². The highest BCUT2D eigenvalue weighted by Crippen LogP contribution is 2.25. The fraction of sp³-hybridized carbons (Fsp3) is 0.500. The highest BCUT2D eigenvalue weighted by molar-refractivity contribution is 14.1. The number of benzene rings is 1. The zero-order valence-electron chi connectivity index (χ0n) is 10.5. The molecule has 1 fully saturated rings. The molecule has 2 atom stereocenters. The highest BCUT2D eigenvalue weighted by atomic mass is 127. The Morgan fingerprint density at radius 1 is 1.47 bits per heavy atom. The highest BCUT2D eigenvalue weighted by Gasteiger charge is 2.40. The van der Waals surface area contributed by atoms with Gasteiger partial charge >= 0.3 is 0 Å². The average Bonchev–Trinajstić information content (AvgIpc) is 2.69. The lowest BCUT2D eigenvalue weighted by atomic mass is 9.97. The van der Waals surface area contributed by atoms with Crippen molar-refractivity contribution in [2.75, 3.05) is 13.2 Å². The van der Waals surface area contributed by atoms with Gasteiger partial charge in [0.05, 0.1) is 11.0 Å². The van der Waals surface area contributed by atoms with Crippen LogP contribution in [0.3, 0.4) is 0 Å². The van der Waals surface area contributed by atoms with Gasteiger partial charge in [0.25, 0.3) is 0 Å². The lowest BCUT2D eigenvalue weighted by Gasteiger charge is -2.26. The molecule has 2 N–H and O–H groups in total. The van der Waals surface area contributed by atoms with Gasteiger partial charge in [0, 0.05) is 23.1 Å². The smallest absolute Gasteiger partial charge is 0.240 e. The second-order valence-corrected chi connectivity index (χ2v) is 7.66. The fourth-order valence-corrected chi connectivity index (χ4v) is 3.38. The third-order valence-corrected chi connectivity index (χ3v) is 5.49. The van der Waals surface area contributed by atoms with E-state index in [0.717, 1.165) is 3.57 Å². The van der Waals surface area contributed by atoms with Gasteiger partial charge in [0.1, 0.15) is 5.60 Å². The minimum absolute atomic E-state index is 0.0392. The van der Waals surface area contributed by atoms with E-state index in [0.29, 0.717) is 13.0 Å². The van der Waals surface area contributed by atoms with Crippen molar-refractivity contribution in [2.45, 2.75) is 29.9 Å². The Bertz CT molecular complexity index is 545. The molecular weight excluding hydrogens is 381 g/mol. The molecule has 1 aliphatic heterocycles. The number of hydrogen-bond acceptors (Lipinski definition) is 4. The van der Waals surface area contributed by atoms with Crippen molar-refractivity contribution >= 4 is 32.6 Å². The second kappa shape index (κ2) is 5.65. The maximum absolute atomic E-state index is 12.1. The molecule has 1 aromatic rings. The standard InChI is InChI=1S/C12H16INO4S/c1-9-12(15,6-7-18-9)8-14-19(16,17)11-4-2-10(13)3-5-11/h2-5,9,14-15H,6-8H2,1H3. The van der Waals surface area contributed by atoms with E-state index in [4.69, 9.17) is 4.74 Å². The molecule has 1 aliphatic rings. The van der Waals surface area contributed by atoms with Gasteiger partial charge in [-0.05, 0) is 53.8 Å². The van der Waals surface area contributed by atoms with Gasteiger partial charge in [-0.25, -0.2) is 13.1 Å². The molecule has 0 aliphatic carbocycles. The molecule has 0 saturated carbocycles. The van der Waals surface area contributed by atoms with Crippen molar-refractivity contribution in [3.8, 4) is 0 Å². The summed E-state index contributed by atoms with van der Waals surface area (Å²) >= 11 is 2.11. The molecule has 2 unspecified atom stereocenters. The molecule has 0 bridgehead atoms. The molecule has 1 aromatic carbocycles. The Morgan fingerprint density at radius 2 is 2.11 bits per heavy atom. The van der Waals surface area contributed by atoms with Crippen molar-refractivity contribution in [1.82, 2.24) is 4.72 Å². The number of aliphatic hydroxyl groups is 1. The first-order valence-corrected chi connectivity index (χ1v) is 8.49. The first kappa shape index (κ1) is 15.2. The summed E-state index contributed by atoms with van der Waals surface area (Å²) in [6.07, 6.45) is 0.0653. The molecule has 1 saturated heterocycles. The van der Waals surface area contributed by atoms with Crippen LogP contribution in [0.15, 0.2) is 29.2 Å². The topological polar surface area (TPSA) is 75.6 Å². The van der Waals surface area contributed by atoms with Crippen LogP contribution in [-0.2, 0) is 14.8 Å². The summed E-state index contributed by atoms with van der Waals surface area (Å²) < 4.78 is 32.8. The van der Waals surface area contributed by atoms with E-state index in [9.17, 15) is 13.5 Å². The van der Waals surface area contributed by atoms with Gasteiger partial charge in [0.15, 0.2) is 0 Å². The number of halogens is 1. The van der Waals surface area contributed by atoms with E-state index in [1.165, 1.54) is 0 Å². The molecule has 0 amide bonds. The van der Waals surface area contributed by atoms with Crippen LogP contribution >= 0.6 is 22.6 Å². The largest absolute Gasteiger partial charge is 0.386 e. The maximum Gasteiger partial charge on any atom is 0.240 e. The summed E-state index contributed by atoms with van der Waals surface area (Å²) in [7, 11) is -3.59. The summed E-state index contributed by atoms with van der Waals surface area (Å²) in [6, 6.07) is 6.54. The summed E-state index contributed by atoms with van der Waals surface area (Å²) in [4.78, 5) is 0.197. The van der Waals surface area contributed by atoms with Crippen molar-refractivity contribution in [3.63, 3.8) is 0 Å². The molecule has 7 heteroatoms. The number of hydrogen-bond donors (Lipinski definition) is 2. The van der Waals surface area contributed by atoms with Gasteiger partial charge < -0.3 is 9.84 Å². The Morgan fingerprint density at radius 3 is 2.63 bits per heavy atom. The zero-order chi connectivity index (χ0) is 14.1. The third kappa shape index (κ3) is 3.46. The van der Waals surface area contributed by atoms with Gasteiger partial charge in [-0.3, -0.25) is 0 Å². The molecule has 19 heavy (non-hydrogen) atoms. The van der Waals surface area contributed by atoms with Crippen LogP contribution in [0.4, 0.5) is 0 Å². The van der Waals surface area contributed by atoms with E-state index >= 15 is 0 Å². The van der Waals surface area contributed by atoms with Crippen LogP contribution in [0.5, 0.6) is 0 Å². The first-order valence-electron chi connectivity index (χ1n) is 5.93. The lowest BCUT2D eigenvalue weighted by molar-refractivity contribution is -0.0228. The summed E-state index contributed by atoms with van der Waals surface area (Å²) in [5, 5.41) is 10.3. The summed E-state index contributed by atoms with van der Waals surface area (Å²) in [5.74, 6) is 0. The molecular formula is C12H16INO4S. The molecule has 5 nitrogen and oxygen atoms in total. The number of sulfonamides is 1. The molecule has 0 aromatic heterocycles. The average molecular weight is 397 g/mol. The molecule has 1 heterocycles. The van der Waals surface area contributed by atoms with Crippen LogP contribution < -0.4 is 4.72 Å². The minimum atomic E-state index is -3.59. The normalized spacial score (nSPS) is 27.6. The molecule has 2 rings (SSSR count). The molecule has 0 spiro atoms. The van der Waals surface area contributed by atoms with E-state index in [1.54, 1.807) is 31.2 Å². The van der Waals surface area contributed by atoms with E-state index in [-0.39, 0.29) is 17.5 Å². The summed E-state index contributed by atoms with van der Waals surface area (Å²) in [5.41, 5.74) is -1.13. The number of ether oxygens (including phenoxy) is 1. The fourth-order valence-electron chi connectivity index (χ4n) is 1.92. The molecule has 0 radical (unpaired) electrons. The van der Waals surface area contributed by atoms with Gasteiger partial charge in [-0.1, -0.05) is 0 Å². The van der Waals surface area contributed by atoms with Crippen LogP contribution in [0.1, 0.15) is 13.3 Å². The van der Waals surface area contributed by atoms with Crippen LogP contribution in [-0.4, -0.2) is 38.4 Å². The van der Waals surface area contributed by atoms with Crippen LogP contribution in [0, 0.1) is 3.57 Å². The number of nitrogens with one attached hydrogen (secondary N) is 1. The van der Waals surface area contributed by atoms with Crippen molar-refractivity contribution in [1.29, 1.82) is 0 Å². The minimum Gasteiger partial charge on any atom is -0.386 e. The predicted octanol–water partition coefficient (Wildman–Crippen LogP) is 1.11. The maximum atomic E-state index is 12.1. The Kier molecular flexibility index (Phi) is 4.51. The van der Waals surface area contributed by atoms with E-state index in [1.807, 2.05) is 0 Å². The third-order valence-electron chi connectivity index (χ3n) is 3.35. The molecule has 106 valence electrons. The zero-order valence-corrected chi connectivity index (χ0v) is 13.4. The van der Waals surface area contributed by atoms with Gasteiger partial charge in [0.2, 0.25) is 10.0 Å². The van der Waals surface area contributed by atoms with Gasteiger partial charge in [-0.15, -0.1) is 0 Å². The van der Waals surface area contributed by atoms with Crippen LogP contribution in [0.2, 0.25) is 0 Å². The van der Waals surface area contributed by atoms with Crippen molar-refractivity contribution in [3.05, 3.63) is 27.8 Å². The summed E-state index contributed by atoms with van der Waals surface area (Å²) in [6.45, 7) is 2.15. The Labute approximate surface area is 126 Å². The Hall–Kier alpha value is -0.220. The first-order chi connectivity index (χ1) is 8.83.